The number of carbonyl (C=O) groups is 2. The summed E-state index contributed by atoms with van der Waals surface area (Å²) >= 11 is 0. The Hall–Kier alpha value is -2.30. The third-order valence-electron chi connectivity index (χ3n) is 2.19. The predicted octanol–water partition coefficient (Wildman–Crippen LogP) is 2.05. The summed E-state index contributed by atoms with van der Waals surface area (Å²) in [7, 11) is 0. The Morgan fingerprint density at radius 2 is 2.12 bits per heavy atom. The van der Waals surface area contributed by atoms with Gasteiger partial charge in [0.1, 0.15) is 0 Å². The molecular formula is C12H10O5. The SMILES string of the molecule is CC(=O)Oc1ccoc1/C(C)=C1/OC=CC1=O. The van der Waals surface area contributed by atoms with Crippen molar-refractivity contribution in [2.24, 2.45) is 0 Å². The number of ketones is 1. The van der Waals surface area contributed by atoms with E-state index in [1.807, 2.05) is 0 Å². The van der Waals surface area contributed by atoms with E-state index in [2.05, 4.69) is 0 Å². The zero-order valence-electron chi connectivity index (χ0n) is 9.35. The molecule has 2 rings (SSSR count). The third-order valence-corrected chi connectivity index (χ3v) is 2.19. The molecule has 0 spiro atoms. The number of allylic oxidation sites excluding steroid dienone is 2. The molecule has 5 nitrogen and oxygen atoms in total. The first-order chi connectivity index (χ1) is 8.09. The molecule has 0 amide bonds. The highest BCUT2D eigenvalue weighted by atomic mass is 16.5. The number of rotatable bonds is 2. The van der Waals surface area contributed by atoms with Crippen molar-refractivity contribution >= 4 is 17.3 Å². The zero-order valence-corrected chi connectivity index (χ0v) is 9.35. The van der Waals surface area contributed by atoms with Gasteiger partial charge in [0.15, 0.2) is 17.3 Å². The molecule has 0 saturated carbocycles. The van der Waals surface area contributed by atoms with Gasteiger partial charge in [-0.2, -0.15) is 0 Å². The van der Waals surface area contributed by atoms with E-state index in [-0.39, 0.29) is 17.3 Å². The Morgan fingerprint density at radius 1 is 1.35 bits per heavy atom. The van der Waals surface area contributed by atoms with Crippen molar-refractivity contribution in [1.82, 2.24) is 0 Å². The van der Waals surface area contributed by atoms with Crippen LogP contribution in [-0.4, -0.2) is 11.8 Å². The largest absolute Gasteiger partial charge is 0.460 e. The zero-order chi connectivity index (χ0) is 12.4. The van der Waals surface area contributed by atoms with E-state index in [4.69, 9.17) is 13.9 Å². The molecule has 0 N–H and O–H groups in total. The van der Waals surface area contributed by atoms with Gasteiger partial charge in [-0.1, -0.05) is 0 Å². The minimum atomic E-state index is -0.456. The summed E-state index contributed by atoms with van der Waals surface area (Å²) in [6, 6.07) is 1.51. The Morgan fingerprint density at radius 3 is 2.71 bits per heavy atom. The van der Waals surface area contributed by atoms with E-state index >= 15 is 0 Å². The van der Waals surface area contributed by atoms with Gasteiger partial charge in [0.05, 0.1) is 12.5 Å². The Kier molecular flexibility index (Phi) is 2.82. The average molecular weight is 234 g/mol. The van der Waals surface area contributed by atoms with Gasteiger partial charge in [-0.15, -0.1) is 0 Å². The van der Waals surface area contributed by atoms with Crippen molar-refractivity contribution in [3.8, 4) is 5.75 Å². The van der Waals surface area contributed by atoms with Gasteiger partial charge < -0.3 is 13.9 Å². The van der Waals surface area contributed by atoms with Gasteiger partial charge in [-0.3, -0.25) is 9.59 Å². The first kappa shape index (κ1) is 11.2. The quantitative estimate of drug-likeness (QED) is 0.578. The number of ether oxygens (including phenoxy) is 2. The minimum absolute atomic E-state index is 0.174. The molecule has 0 aromatic carbocycles. The molecular weight excluding hydrogens is 224 g/mol. The summed E-state index contributed by atoms with van der Waals surface area (Å²) in [6.45, 7) is 2.95. The monoisotopic (exact) mass is 234 g/mol. The summed E-state index contributed by atoms with van der Waals surface area (Å²) in [5, 5.41) is 0. The van der Waals surface area contributed by atoms with Gasteiger partial charge in [0.2, 0.25) is 5.78 Å². The fraction of sp³-hybridized carbons (Fsp3) is 0.167. The fourth-order valence-corrected chi connectivity index (χ4v) is 1.48. The van der Waals surface area contributed by atoms with Gasteiger partial charge in [-0.25, -0.2) is 0 Å². The molecule has 1 aliphatic heterocycles. The van der Waals surface area contributed by atoms with Crippen LogP contribution < -0.4 is 4.74 Å². The second-order valence-corrected chi connectivity index (χ2v) is 3.45. The van der Waals surface area contributed by atoms with Crippen LogP contribution in [0.3, 0.4) is 0 Å². The van der Waals surface area contributed by atoms with Crippen LogP contribution in [0.15, 0.2) is 34.8 Å². The first-order valence-electron chi connectivity index (χ1n) is 4.94. The maximum Gasteiger partial charge on any atom is 0.308 e. The van der Waals surface area contributed by atoms with E-state index in [0.29, 0.717) is 11.3 Å². The second-order valence-electron chi connectivity index (χ2n) is 3.45. The molecule has 0 fully saturated rings. The predicted molar refractivity (Wildman–Crippen MR) is 57.8 cm³/mol. The molecule has 0 unspecified atom stereocenters. The van der Waals surface area contributed by atoms with Crippen molar-refractivity contribution in [1.29, 1.82) is 0 Å². The highest BCUT2D eigenvalue weighted by Crippen LogP contribution is 2.31. The van der Waals surface area contributed by atoms with Gasteiger partial charge in [0, 0.05) is 24.6 Å². The number of hydrogen-bond acceptors (Lipinski definition) is 5. The van der Waals surface area contributed by atoms with Crippen molar-refractivity contribution in [2.75, 3.05) is 0 Å². The second kappa shape index (κ2) is 4.29. The van der Waals surface area contributed by atoms with E-state index in [1.54, 1.807) is 6.92 Å². The van der Waals surface area contributed by atoms with Crippen LogP contribution in [0.25, 0.3) is 5.57 Å². The Bertz CT molecular complexity index is 533. The molecule has 0 bridgehead atoms. The van der Waals surface area contributed by atoms with Gasteiger partial charge in [0.25, 0.3) is 0 Å². The van der Waals surface area contributed by atoms with E-state index in [9.17, 15) is 9.59 Å². The van der Waals surface area contributed by atoms with Crippen LogP contribution in [0.5, 0.6) is 5.75 Å². The van der Waals surface area contributed by atoms with E-state index < -0.39 is 5.97 Å². The van der Waals surface area contributed by atoms with Crippen LogP contribution in [0.4, 0.5) is 0 Å². The van der Waals surface area contributed by atoms with Gasteiger partial charge in [-0.05, 0) is 6.92 Å². The summed E-state index contributed by atoms with van der Waals surface area (Å²) in [5.41, 5.74) is 0.487. The van der Waals surface area contributed by atoms with Crippen LogP contribution in [-0.2, 0) is 14.3 Å². The molecule has 0 saturated heterocycles. The Labute approximate surface area is 97.3 Å². The molecule has 0 atom stereocenters. The summed E-state index contributed by atoms with van der Waals surface area (Å²) in [5.74, 6) is 0.0568. The van der Waals surface area contributed by atoms with Crippen LogP contribution in [0.1, 0.15) is 19.6 Å². The highest BCUT2D eigenvalue weighted by molar-refractivity contribution is 6.09. The maximum atomic E-state index is 11.4. The molecule has 0 aliphatic carbocycles. The van der Waals surface area contributed by atoms with Crippen molar-refractivity contribution in [3.05, 3.63) is 36.2 Å². The van der Waals surface area contributed by atoms with Crippen LogP contribution >= 0.6 is 0 Å². The highest BCUT2D eigenvalue weighted by Gasteiger charge is 2.22. The van der Waals surface area contributed by atoms with Crippen LogP contribution in [0, 0.1) is 0 Å². The summed E-state index contributed by atoms with van der Waals surface area (Å²) < 4.78 is 15.2. The van der Waals surface area contributed by atoms with Crippen LogP contribution in [0.2, 0.25) is 0 Å². The summed E-state index contributed by atoms with van der Waals surface area (Å²) in [4.78, 5) is 22.3. The standard InChI is InChI=1S/C12H10O5/c1-7(11-9(14)3-5-15-11)12-10(4-6-16-12)17-8(2)13/h3-6H,1-2H3/b11-7+. The maximum absolute atomic E-state index is 11.4. The summed E-state index contributed by atoms with van der Waals surface area (Å²) in [6.07, 6.45) is 3.99. The number of esters is 1. The van der Waals surface area contributed by atoms with E-state index in [0.717, 1.165) is 0 Å². The van der Waals surface area contributed by atoms with Crippen molar-refractivity contribution < 1.29 is 23.5 Å². The lowest BCUT2D eigenvalue weighted by atomic mass is 10.1. The molecule has 88 valence electrons. The molecule has 0 radical (unpaired) electrons. The first-order valence-corrected chi connectivity index (χ1v) is 4.94. The number of carbonyl (C=O) groups excluding carboxylic acids is 2. The topological polar surface area (TPSA) is 65.7 Å². The normalized spacial score (nSPS) is 16.9. The van der Waals surface area contributed by atoms with E-state index in [1.165, 1.54) is 31.6 Å². The number of furan rings is 1. The lowest BCUT2D eigenvalue weighted by Crippen LogP contribution is -2.03. The molecule has 1 aromatic heterocycles. The average Bonchev–Trinajstić information content (AvgIpc) is 2.85. The number of hydrogen-bond donors (Lipinski definition) is 0. The van der Waals surface area contributed by atoms with Gasteiger partial charge >= 0.3 is 5.97 Å². The minimum Gasteiger partial charge on any atom is -0.460 e. The third kappa shape index (κ3) is 2.13. The molecule has 2 heterocycles. The Balaban J connectivity index is 2.38. The molecule has 1 aliphatic rings. The van der Waals surface area contributed by atoms with Crippen molar-refractivity contribution in [3.63, 3.8) is 0 Å². The molecule has 1 aromatic rings. The van der Waals surface area contributed by atoms with Crippen molar-refractivity contribution in [2.45, 2.75) is 13.8 Å². The smallest absolute Gasteiger partial charge is 0.308 e. The lowest BCUT2D eigenvalue weighted by molar-refractivity contribution is -0.131. The fourth-order valence-electron chi connectivity index (χ4n) is 1.48. The molecule has 5 heteroatoms. The lowest BCUT2D eigenvalue weighted by Gasteiger charge is -2.04. The molecule has 17 heavy (non-hydrogen) atoms.